The number of nitrogens with zero attached hydrogens (tertiary/aromatic N) is 1. The van der Waals surface area contributed by atoms with Crippen molar-refractivity contribution in [1.29, 1.82) is 0 Å². The lowest BCUT2D eigenvalue weighted by Crippen LogP contribution is -2.19. The Hall–Kier alpha value is -0.810. The minimum Gasteiger partial charge on any atom is -0.302 e. The highest BCUT2D eigenvalue weighted by atomic mass is 16.1. The van der Waals surface area contributed by atoms with Gasteiger partial charge in [-0.25, -0.2) is 0 Å². The zero-order chi connectivity index (χ0) is 7.94. The maximum atomic E-state index is 9.81. The summed E-state index contributed by atoms with van der Waals surface area (Å²) in [6, 6.07) is 0. The molecular weight excluding hydrogens is 138 g/mol. The van der Waals surface area contributed by atoms with Crippen LogP contribution in [0.1, 0.15) is 19.3 Å². The number of aldehydes is 1. The van der Waals surface area contributed by atoms with Crippen LogP contribution in [0.2, 0.25) is 0 Å². The lowest BCUT2D eigenvalue weighted by molar-refractivity contribution is -0.103. The van der Waals surface area contributed by atoms with Crippen molar-refractivity contribution in [3.63, 3.8) is 0 Å². The van der Waals surface area contributed by atoms with Crippen LogP contribution in [0, 0.1) is 11.8 Å². The molecule has 0 aromatic heterocycles. The largest absolute Gasteiger partial charge is 0.302 e. The second-order valence-electron chi connectivity index (χ2n) is 2.74. The van der Waals surface area contributed by atoms with Crippen LogP contribution in [0.25, 0.3) is 0 Å². The van der Waals surface area contributed by atoms with Crippen LogP contribution in [0.5, 0.6) is 0 Å². The lowest BCUT2D eigenvalue weighted by Gasteiger charge is -2.10. The number of carbonyl (C=O) groups excluding carboxylic acids is 1. The molecule has 0 spiro atoms. The third-order valence-electron chi connectivity index (χ3n) is 1.91. The average molecular weight is 151 g/mol. The standard InChI is InChI=1S/C9H13NO/c11-9-5-1-2-6-10-7-3-4-8-10/h9H,2-4,6-8H2. The number of rotatable bonds is 2. The van der Waals surface area contributed by atoms with Crippen molar-refractivity contribution in [3.8, 4) is 11.8 Å². The summed E-state index contributed by atoms with van der Waals surface area (Å²) >= 11 is 0. The topological polar surface area (TPSA) is 20.3 Å². The van der Waals surface area contributed by atoms with Crippen molar-refractivity contribution in [2.45, 2.75) is 19.3 Å². The van der Waals surface area contributed by atoms with Crippen molar-refractivity contribution >= 4 is 6.29 Å². The maximum Gasteiger partial charge on any atom is 0.192 e. The SMILES string of the molecule is O=CC#CCCN1CCCC1. The number of hydrogen-bond donors (Lipinski definition) is 0. The Morgan fingerprint density at radius 3 is 2.73 bits per heavy atom. The Morgan fingerprint density at radius 2 is 2.09 bits per heavy atom. The summed E-state index contributed by atoms with van der Waals surface area (Å²) in [5, 5.41) is 0. The molecule has 0 atom stereocenters. The molecule has 0 aliphatic carbocycles. The molecule has 1 heterocycles. The number of carbonyl (C=O) groups is 1. The molecule has 11 heavy (non-hydrogen) atoms. The molecule has 0 amide bonds. The molecular formula is C9H13NO. The molecule has 2 nitrogen and oxygen atoms in total. The Kier molecular flexibility index (Phi) is 3.71. The van der Waals surface area contributed by atoms with E-state index in [1.165, 1.54) is 25.9 Å². The first-order valence-electron chi connectivity index (χ1n) is 4.08. The van der Waals surface area contributed by atoms with Gasteiger partial charge in [-0.3, -0.25) is 4.79 Å². The molecule has 0 radical (unpaired) electrons. The van der Waals surface area contributed by atoms with E-state index in [0.29, 0.717) is 6.29 Å². The van der Waals surface area contributed by atoms with E-state index in [-0.39, 0.29) is 0 Å². The van der Waals surface area contributed by atoms with E-state index < -0.39 is 0 Å². The molecule has 1 rings (SSSR count). The average Bonchev–Trinajstić information content (AvgIpc) is 2.50. The van der Waals surface area contributed by atoms with Crippen LogP contribution in [-0.2, 0) is 4.79 Å². The predicted octanol–water partition coefficient (Wildman–Crippen LogP) is 0.675. The summed E-state index contributed by atoms with van der Waals surface area (Å²) in [7, 11) is 0. The van der Waals surface area contributed by atoms with Crippen molar-refractivity contribution in [1.82, 2.24) is 4.90 Å². The summed E-state index contributed by atoms with van der Waals surface area (Å²) in [5.74, 6) is 5.22. The Balaban J connectivity index is 2.06. The zero-order valence-electron chi connectivity index (χ0n) is 6.68. The van der Waals surface area contributed by atoms with Crippen LogP contribution < -0.4 is 0 Å². The highest BCUT2D eigenvalue weighted by molar-refractivity contribution is 5.72. The molecule has 1 aliphatic heterocycles. The zero-order valence-corrected chi connectivity index (χ0v) is 6.68. The minimum atomic E-state index is 0.657. The van der Waals surface area contributed by atoms with Crippen molar-refractivity contribution in [3.05, 3.63) is 0 Å². The summed E-state index contributed by atoms with van der Waals surface area (Å²) in [6.45, 7) is 3.45. The third-order valence-corrected chi connectivity index (χ3v) is 1.91. The molecule has 0 bridgehead atoms. The first-order chi connectivity index (χ1) is 5.43. The van der Waals surface area contributed by atoms with E-state index in [0.717, 1.165) is 13.0 Å². The van der Waals surface area contributed by atoms with Crippen molar-refractivity contribution in [2.75, 3.05) is 19.6 Å². The molecule has 1 fully saturated rings. The number of likely N-dealkylation sites (tertiary alicyclic amines) is 1. The van der Waals surface area contributed by atoms with Gasteiger partial charge >= 0.3 is 0 Å². The molecule has 1 saturated heterocycles. The van der Waals surface area contributed by atoms with Gasteiger partial charge in [0.25, 0.3) is 0 Å². The van der Waals surface area contributed by atoms with Crippen LogP contribution in [0.3, 0.4) is 0 Å². The second kappa shape index (κ2) is 4.92. The fourth-order valence-corrected chi connectivity index (χ4v) is 1.33. The van der Waals surface area contributed by atoms with Gasteiger partial charge in [-0.1, -0.05) is 5.92 Å². The van der Waals surface area contributed by atoms with Crippen LogP contribution >= 0.6 is 0 Å². The molecule has 0 aromatic carbocycles. The number of hydrogen-bond acceptors (Lipinski definition) is 2. The molecule has 0 unspecified atom stereocenters. The third kappa shape index (κ3) is 3.20. The van der Waals surface area contributed by atoms with Gasteiger partial charge in [-0.2, -0.15) is 0 Å². The van der Waals surface area contributed by atoms with Gasteiger partial charge in [-0.05, 0) is 31.9 Å². The summed E-state index contributed by atoms with van der Waals surface area (Å²) in [5.41, 5.74) is 0. The first-order valence-corrected chi connectivity index (χ1v) is 4.08. The fourth-order valence-electron chi connectivity index (χ4n) is 1.33. The van der Waals surface area contributed by atoms with Crippen LogP contribution in [0.4, 0.5) is 0 Å². The van der Waals surface area contributed by atoms with Gasteiger partial charge in [-0.15, -0.1) is 0 Å². The van der Waals surface area contributed by atoms with Crippen LogP contribution in [0.15, 0.2) is 0 Å². The Labute approximate surface area is 67.6 Å². The van der Waals surface area contributed by atoms with Crippen molar-refractivity contribution < 1.29 is 4.79 Å². The highest BCUT2D eigenvalue weighted by Crippen LogP contribution is 2.06. The van der Waals surface area contributed by atoms with Crippen LogP contribution in [-0.4, -0.2) is 30.8 Å². The van der Waals surface area contributed by atoms with E-state index in [9.17, 15) is 4.79 Å². The summed E-state index contributed by atoms with van der Waals surface area (Å²) < 4.78 is 0. The van der Waals surface area contributed by atoms with E-state index in [2.05, 4.69) is 16.7 Å². The van der Waals surface area contributed by atoms with Gasteiger partial charge in [0.15, 0.2) is 6.29 Å². The Bertz CT molecular complexity index is 172. The van der Waals surface area contributed by atoms with E-state index in [1.54, 1.807) is 0 Å². The molecule has 0 saturated carbocycles. The second-order valence-corrected chi connectivity index (χ2v) is 2.74. The first kappa shape index (κ1) is 8.29. The predicted molar refractivity (Wildman–Crippen MR) is 44.1 cm³/mol. The maximum absolute atomic E-state index is 9.81. The molecule has 0 aromatic rings. The fraction of sp³-hybridized carbons (Fsp3) is 0.667. The molecule has 2 heteroatoms. The smallest absolute Gasteiger partial charge is 0.192 e. The van der Waals surface area contributed by atoms with Gasteiger partial charge in [0.05, 0.1) is 0 Å². The van der Waals surface area contributed by atoms with Gasteiger partial charge in [0.2, 0.25) is 0 Å². The lowest BCUT2D eigenvalue weighted by atomic mass is 10.4. The van der Waals surface area contributed by atoms with Gasteiger partial charge < -0.3 is 4.90 Å². The normalized spacial score (nSPS) is 17.5. The van der Waals surface area contributed by atoms with E-state index >= 15 is 0 Å². The van der Waals surface area contributed by atoms with E-state index in [4.69, 9.17) is 0 Å². The molecule has 60 valence electrons. The molecule has 1 aliphatic rings. The van der Waals surface area contributed by atoms with Gasteiger partial charge in [0, 0.05) is 13.0 Å². The highest BCUT2D eigenvalue weighted by Gasteiger charge is 2.09. The monoisotopic (exact) mass is 151 g/mol. The molecule has 0 N–H and O–H groups in total. The van der Waals surface area contributed by atoms with Gasteiger partial charge in [0.1, 0.15) is 0 Å². The Morgan fingerprint density at radius 1 is 1.36 bits per heavy atom. The quantitative estimate of drug-likeness (QED) is 0.427. The van der Waals surface area contributed by atoms with Crippen molar-refractivity contribution in [2.24, 2.45) is 0 Å². The summed E-state index contributed by atoms with van der Waals surface area (Å²) in [6.07, 6.45) is 4.13. The minimum absolute atomic E-state index is 0.657. The van der Waals surface area contributed by atoms with E-state index in [1.807, 2.05) is 0 Å². The summed E-state index contributed by atoms with van der Waals surface area (Å²) in [4.78, 5) is 12.2.